The molecule has 0 unspecified atom stereocenters. The summed E-state index contributed by atoms with van der Waals surface area (Å²) in [5.74, 6) is -2.05. The van der Waals surface area contributed by atoms with Crippen LogP contribution in [0.4, 0.5) is 0 Å². The van der Waals surface area contributed by atoms with Gasteiger partial charge in [0.2, 0.25) is 0 Å². The first kappa shape index (κ1) is 17.6. The SMILES string of the molecule is COC(=O)c1ccc(C=NNC(=O)C(=O)NC[C@@H]2CCCO2)cc1. The highest BCUT2D eigenvalue weighted by Gasteiger charge is 2.18. The average Bonchev–Trinajstić information content (AvgIpc) is 3.13. The molecule has 2 N–H and O–H groups in total. The minimum atomic E-state index is -0.851. The predicted molar refractivity (Wildman–Crippen MR) is 85.5 cm³/mol. The Morgan fingerprint density at radius 1 is 1.29 bits per heavy atom. The third-order valence-electron chi connectivity index (χ3n) is 3.43. The molecular weight excluding hydrogens is 314 g/mol. The number of amides is 2. The summed E-state index contributed by atoms with van der Waals surface area (Å²) < 4.78 is 9.94. The van der Waals surface area contributed by atoms with Gasteiger partial charge in [0.25, 0.3) is 0 Å². The first-order chi connectivity index (χ1) is 11.6. The highest BCUT2D eigenvalue weighted by atomic mass is 16.5. The topological polar surface area (TPSA) is 106 Å². The molecule has 1 aromatic carbocycles. The summed E-state index contributed by atoms with van der Waals surface area (Å²) in [6, 6.07) is 6.42. The number of ether oxygens (including phenoxy) is 2. The van der Waals surface area contributed by atoms with Crippen LogP contribution < -0.4 is 10.7 Å². The van der Waals surface area contributed by atoms with E-state index in [1.54, 1.807) is 24.3 Å². The summed E-state index contributed by atoms with van der Waals surface area (Å²) in [6.07, 6.45) is 3.18. The number of methoxy groups -OCH3 is 1. The van der Waals surface area contributed by atoms with Gasteiger partial charge in [0.05, 0.1) is 25.0 Å². The minimum absolute atomic E-state index is 0.0291. The standard InChI is InChI=1S/C16H19N3O5/c1-23-16(22)12-6-4-11(5-7-12)9-18-19-15(21)14(20)17-10-13-3-2-8-24-13/h4-7,9,13H,2-3,8,10H2,1H3,(H,17,20)(H,19,21)/t13-/m0/s1. The molecule has 1 aliphatic heterocycles. The third kappa shape index (κ3) is 5.17. The van der Waals surface area contributed by atoms with Gasteiger partial charge in [0.15, 0.2) is 0 Å². The van der Waals surface area contributed by atoms with Crippen molar-refractivity contribution in [1.29, 1.82) is 0 Å². The van der Waals surface area contributed by atoms with Crippen LogP contribution in [0.25, 0.3) is 0 Å². The fourth-order valence-electron chi connectivity index (χ4n) is 2.13. The second kappa shape index (κ2) is 8.78. The van der Waals surface area contributed by atoms with Crippen molar-refractivity contribution >= 4 is 24.0 Å². The van der Waals surface area contributed by atoms with Crippen LogP contribution >= 0.6 is 0 Å². The quantitative estimate of drug-likeness (QED) is 0.347. The van der Waals surface area contributed by atoms with Gasteiger partial charge < -0.3 is 14.8 Å². The second-order valence-corrected chi connectivity index (χ2v) is 5.16. The molecule has 0 bridgehead atoms. The first-order valence-electron chi connectivity index (χ1n) is 7.51. The first-order valence-corrected chi connectivity index (χ1v) is 7.51. The number of hydrazone groups is 1. The van der Waals surface area contributed by atoms with E-state index in [0.29, 0.717) is 24.3 Å². The summed E-state index contributed by atoms with van der Waals surface area (Å²) in [5.41, 5.74) is 3.21. The smallest absolute Gasteiger partial charge is 0.337 e. The number of benzene rings is 1. The molecule has 1 saturated heterocycles. The van der Waals surface area contributed by atoms with Crippen LogP contribution in [-0.2, 0) is 19.1 Å². The number of hydrogen-bond acceptors (Lipinski definition) is 6. The van der Waals surface area contributed by atoms with Gasteiger partial charge in [-0.2, -0.15) is 5.10 Å². The van der Waals surface area contributed by atoms with Crippen LogP contribution in [0, 0.1) is 0 Å². The number of rotatable bonds is 5. The molecule has 0 spiro atoms. The van der Waals surface area contributed by atoms with Gasteiger partial charge in [-0.3, -0.25) is 9.59 Å². The molecule has 1 aromatic rings. The maximum atomic E-state index is 11.6. The highest BCUT2D eigenvalue weighted by molar-refractivity contribution is 6.35. The Hall–Kier alpha value is -2.74. The number of carbonyl (C=O) groups excluding carboxylic acids is 3. The lowest BCUT2D eigenvalue weighted by molar-refractivity contribution is -0.139. The van der Waals surface area contributed by atoms with E-state index in [2.05, 4.69) is 20.6 Å². The molecule has 8 heteroatoms. The number of nitrogens with zero attached hydrogens (tertiary/aromatic N) is 1. The minimum Gasteiger partial charge on any atom is -0.465 e. The van der Waals surface area contributed by atoms with Gasteiger partial charge >= 0.3 is 17.8 Å². The molecule has 1 heterocycles. The molecule has 1 fully saturated rings. The van der Waals surface area contributed by atoms with E-state index in [1.165, 1.54) is 13.3 Å². The summed E-state index contributed by atoms with van der Waals surface area (Å²) in [5, 5.41) is 6.20. The van der Waals surface area contributed by atoms with Crippen molar-refractivity contribution in [2.75, 3.05) is 20.3 Å². The van der Waals surface area contributed by atoms with E-state index in [0.717, 1.165) is 12.8 Å². The lowest BCUT2D eigenvalue weighted by Crippen LogP contribution is -2.41. The molecule has 0 saturated carbocycles. The summed E-state index contributed by atoms with van der Waals surface area (Å²) in [4.78, 5) is 34.5. The fourth-order valence-corrected chi connectivity index (χ4v) is 2.13. The van der Waals surface area contributed by atoms with Gasteiger partial charge in [0, 0.05) is 13.2 Å². The Balaban J connectivity index is 1.76. The Morgan fingerprint density at radius 2 is 2.04 bits per heavy atom. The number of esters is 1. The van der Waals surface area contributed by atoms with Gasteiger partial charge in [-0.1, -0.05) is 12.1 Å². The number of hydrogen-bond donors (Lipinski definition) is 2. The Labute approximate surface area is 139 Å². The molecule has 2 rings (SSSR count). The third-order valence-corrected chi connectivity index (χ3v) is 3.43. The maximum Gasteiger partial charge on any atom is 0.337 e. The zero-order valence-electron chi connectivity index (χ0n) is 13.3. The fraction of sp³-hybridized carbons (Fsp3) is 0.375. The Kier molecular flexibility index (Phi) is 6.44. The van der Waals surface area contributed by atoms with Crippen molar-refractivity contribution in [2.24, 2.45) is 5.10 Å². The van der Waals surface area contributed by atoms with Gasteiger partial charge in [0.1, 0.15) is 0 Å². The Bertz CT molecular complexity index is 621. The van der Waals surface area contributed by atoms with Gasteiger partial charge in [-0.05, 0) is 30.5 Å². The zero-order valence-corrected chi connectivity index (χ0v) is 13.3. The molecule has 0 aromatic heterocycles. The van der Waals surface area contributed by atoms with E-state index in [4.69, 9.17) is 4.74 Å². The molecule has 128 valence electrons. The largest absolute Gasteiger partial charge is 0.465 e. The average molecular weight is 333 g/mol. The van der Waals surface area contributed by atoms with Crippen molar-refractivity contribution in [2.45, 2.75) is 18.9 Å². The van der Waals surface area contributed by atoms with E-state index < -0.39 is 17.8 Å². The van der Waals surface area contributed by atoms with Gasteiger partial charge in [-0.15, -0.1) is 0 Å². The van der Waals surface area contributed by atoms with Crippen LogP contribution in [0.15, 0.2) is 29.4 Å². The van der Waals surface area contributed by atoms with Crippen molar-refractivity contribution in [3.63, 3.8) is 0 Å². The predicted octanol–water partition coefficient (Wildman–Crippen LogP) is 0.218. The van der Waals surface area contributed by atoms with Gasteiger partial charge in [-0.25, -0.2) is 10.2 Å². The summed E-state index contributed by atoms with van der Waals surface area (Å²) in [6.45, 7) is 0.997. The lowest BCUT2D eigenvalue weighted by atomic mass is 10.1. The number of carbonyl (C=O) groups is 3. The molecule has 2 amide bonds. The highest BCUT2D eigenvalue weighted by Crippen LogP contribution is 2.10. The van der Waals surface area contributed by atoms with E-state index >= 15 is 0 Å². The summed E-state index contributed by atoms with van der Waals surface area (Å²) >= 11 is 0. The molecule has 0 radical (unpaired) electrons. The lowest BCUT2D eigenvalue weighted by Gasteiger charge is -2.09. The van der Waals surface area contributed by atoms with E-state index in [9.17, 15) is 14.4 Å². The molecule has 1 atom stereocenters. The van der Waals surface area contributed by atoms with E-state index in [-0.39, 0.29) is 6.10 Å². The second-order valence-electron chi connectivity index (χ2n) is 5.16. The van der Waals surface area contributed by atoms with Crippen molar-refractivity contribution < 1.29 is 23.9 Å². The van der Waals surface area contributed by atoms with Crippen molar-refractivity contribution in [1.82, 2.24) is 10.7 Å². The normalized spacial score (nSPS) is 16.8. The van der Waals surface area contributed by atoms with Crippen LogP contribution in [-0.4, -0.2) is 50.4 Å². The molecule has 24 heavy (non-hydrogen) atoms. The molecule has 8 nitrogen and oxygen atoms in total. The molecule has 0 aliphatic carbocycles. The number of nitrogens with one attached hydrogen (secondary N) is 2. The molecule has 1 aliphatic rings. The van der Waals surface area contributed by atoms with Crippen LogP contribution in [0.1, 0.15) is 28.8 Å². The van der Waals surface area contributed by atoms with Crippen molar-refractivity contribution in [3.05, 3.63) is 35.4 Å². The molecular formula is C16H19N3O5. The van der Waals surface area contributed by atoms with Crippen LogP contribution in [0.5, 0.6) is 0 Å². The van der Waals surface area contributed by atoms with Crippen LogP contribution in [0.3, 0.4) is 0 Å². The monoisotopic (exact) mass is 333 g/mol. The Morgan fingerprint density at radius 3 is 2.67 bits per heavy atom. The van der Waals surface area contributed by atoms with E-state index in [1.807, 2.05) is 0 Å². The zero-order chi connectivity index (χ0) is 17.4. The maximum absolute atomic E-state index is 11.6. The van der Waals surface area contributed by atoms with Crippen molar-refractivity contribution in [3.8, 4) is 0 Å². The summed E-state index contributed by atoms with van der Waals surface area (Å²) in [7, 11) is 1.30. The van der Waals surface area contributed by atoms with Crippen LogP contribution in [0.2, 0.25) is 0 Å².